The van der Waals surface area contributed by atoms with Crippen molar-refractivity contribution >= 4 is 29.8 Å². The van der Waals surface area contributed by atoms with Gasteiger partial charge in [0.1, 0.15) is 11.4 Å². The Bertz CT molecular complexity index is 994. The molecule has 11 nitrogen and oxygen atoms in total. The number of cyclic esters (lactones) is 1. The van der Waals surface area contributed by atoms with Crippen molar-refractivity contribution in [2.75, 3.05) is 75.0 Å². The zero-order chi connectivity index (χ0) is 24.8. The normalized spacial score (nSPS) is 17.8. The Kier molecular flexibility index (Phi) is 7.78. The number of alkyl halides is 3. The van der Waals surface area contributed by atoms with E-state index >= 15 is 0 Å². The van der Waals surface area contributed by atoms with E-state index in [0.717, 1.165) is 45.2 Å². The average molecular weight is 499 g/mol. The Hall–Kier alpha value is -3.29. The maximum absolute atomic E-state index is 13.5. The average Bonchev–Trinajstić information content (AvgIpc) is 3.18. The lowest BCUT2D eigenvalue weighted by atomic mass is 10.3. The van der Waals surface area contributed by atoms with Gasteiger partial charge in [-0.2, -0.15) is 23.1 Å². The van der Waals surface area contributed by atoms with Gasteiger partial charge in [0.05, 0.1) is 12.8 Å². The number of hydrogen-bond acceptors (Lipinski definition) is 10. The van der Waals surface area contributed by atoms with Crippen LogP contribution in [0.25, 0.3) is 0 Å². The van der Waals surface area contributed by atoms with Crippen LogP contribution in [-0.2, 0) is 10.9 Å². The van der Waals surface area contributed by atoms with Crippen LogP contribution in [0.4, 0.5) is 41.6 Å². The van der Waals surface area contributed by atoms with E-state index in [0.29, 0.717) is 32.1 Å². The second-order valence-electron chi connectivity index (χ2n) is 8.46. The van der Waals surface area contributed by atoms with Crippen molar-refractivity contribution < 1.29 is 27.1 Å². The van der Waals surface area contributed by atoms with E-state index in [-0.39, 0.29) is 24.2 Å². The summed E-state index contributed by atoms with van der Waals surface area (Å²) in [7, 11) is 2.04. The van der Waals surface area contributed by atoms with Gasteiger partial charge in [0.15, 0.2) is 0 Å². The number of likely N-dealkylation sites (N-methyl/N-ethyl adjacent to an activating group) is 1. The molecule has 2 aromatic rings. The summed E-state index contributed by atoms with van der Waals surface area (Å²) in [6.07, 6.45) is -0.796. The van der Waals surface area contributed by atoms with Gasteiger partial charge in [-0.05, 0) is 26.3 Å². The first-order valence-electron chi connectivity index (χ1n) is 11.6. The number of carbonyl (C=O) groups excluding carboxylic acids is 1. The molecule has 2 aromatic heterocycles. The molecule has 0 aromatic carbocycles. The van der Waals surface area contributed by atoms with Gasteiger partial charge in [0.25, 0.3) is 6.01 Å². The van der Waals surface area contributed by atoms with E-state index in [1.54, 1.807) is 4.90 Å². The molecule has 35 heavy (non-hydrogen) atoms. The van der Waals surface area contributed by atoms with Crippen LogP contribution in [-0.4, -0.2) is 90.3 Å². The van der Waals surface area contributed by atoms with E-state index in [4.69, 9.17) is 9.15 Å². The molecule has 0 radical (unpaired) electrons. The number of amides is 1. The van der Waals surface area contributed by atoms with Gasteiger partial charge in [-0.3, -0.25) is 5.32 Å². The number of nitrogens with one attached hydrogen (secondary N) is 2. The topological polar surface area (TPSA) is 112 Å². The lowest BCUT2D eigenvalue weighted by Gasteiger charge is -2.31. The molecule has 2 aliphatic heterocycles. The Morgan fingerprint density at radius 2 is 1.89 bits per heavy atom. The van der Waals surface area contributed by atoms with Crippen molar-refractivity contribution in [2.24, 2.45) is 0 Å². The number of rotatable bonds is 8. The van der Waals surface area contributed by atoms with Crippen molar-refractivity contribution in [3.8, 4) is 0 Å². The maximum atomic E-state index is 13.5. The lowest BCUT2D eigenvalue weighted by Crippen LogP contribution is -2.44. The minimum atomic E-state index is -4.63. The van der Waals surface area contributed by atoms with Crippen LogP contribution in [0.15, 0.2) is 16.8 Å². The molecule has 2 aliphatic rings. The van der Waals surface area contributed by atoms with Gasteiger partial charge in [-0.15, -0.1) is 0 Å². The lowest BCUT2D eigenvalue weighted by molar-refractivity contribution is -0.137. The third kappa shape index (κ3) is 6.65. The molecule has 0 unspecified atom stereocenters. The summed E-state index contributed by atoms with van der Waals surface area (Å²) in [5.74, 6) is -0.186. The zero-order valence-electron chi connectivity index (χ0n) is 19.5. The van der Waals surface area contributed by atoms with Crippen molar-refractivity contribution in [1.29, 1.82) is 0 Å². The summed E-state index contributed by atoms with van der Waals surface area (Å²) in [5, 5.41) is 5.51. The molecule has 4 heterocycles. The first kappa shape index (κ1) is 24.8. The molecular weight excluding hydrogens is 469 g/mol. The number of anilines is 4. The number of piperazine rings is 1. The van der Waals surface area contributed by atoms with E-state index in [1.165, 1.54) is 6.20 Å². The van der Waals surface area contributed by atoms with Crippen LogP contribution >= 0.6 is 0 Å². The molecule has 0 saturated carbocycles. The molecule has 0 aliphatic carbocycles. The summed E-state index contributed by atoms with van der Waals surface area (Å²) in [6, 6.07) is 0.429. The molecule has 2 saturated heterocycles. The number of oxazole rings is 1. The molecule has 0 bridgehead atoms. The van der Waals surface area contributed by atoms with Gasteiger partial charge in [0, 0.05) is 52.0 Å². The van der Waals surface area contributed by atoms with Gasteiger partial charge < -0.3 is 29.2 Å². The summed E-state index contributed by atoms with van der Waals surface area (Å²) >= 11 is 0. The second kappa shape index (κ2) is 11.0. The SMILES string of the molecule is CN1CCN(c2ncc(Nc3ncc(C(F)(F)F)c(NCCCN4CCCCOC4=O)n3)o2)CC1. The molecule has 1 amide bonds. The fourth-order valence-electron chi connectivity index (χ4n) is 3.79. The summed E-state index contributed by atoms with van der Waals surface area (Å²) in [5.41, 5.74) is -0.979. The highest BCUT2D eigenvalue weighted by Crippen LogP contribution is 2.34. The number of nitrogens with zero attached hydrogens (tertiary/aromatic N) is 6. The molecule has 0 atom stereocenters. The molecule has 192 valence electrons. The van der Waals surface area contributed by atoms with Gasteiger partial charge in [-0.1, -0.05) is 0 Å². The van der Waals surface area contributed by atoms with Crippen LogP contribution in [0.2, 0.25) is 0 Å². The van der Waals surface area contributed by atoms with E-state index in [9.17, 15) is 18.0 Å². The fraction of sp³-hybridized carbons (Fsp3) is 0.619. The standard InChI is InChI=1S/C21H29F3N8O3/c1-30-8-10-31(11-9-30)19-27-14-16(35-19)28-18-26-13-15(21(22,23)24)17(29-18)25-5-4-7-32-6-2-3-12-34-20(32)33/h13-14H,2-12H2,1H3,(H2,25,26,28,29). The van der Waals surface area contributed by atoms with Crippen molar-refractivity contribution in [2.45, 2.75) is 25.4 Å². The van der Waals surface area contributed by atoms with E-state index in [2.05, 4.69) is 30.5 Å². The van der Waals surface area contributed by atoms with Gasteiger partial charge >= 0.3 is 12.3 Å². The highest BCUT2D eigenvalue weighted by atomic mass is 19.4. The highest BCUT2D eigenvalue weighted by molar-refractivity contribution is 5.67. The molecule has 4 rings (SSSR count). The Labute approximate surface area is 200 Å². The summed E-state index contributed by atoms with van der Waals surface area (Å²) in [4.78, 5) is 29.7. The summed E-state index contributed by atoms with van der Waals surface area (Å²) < 4.78 is 51.3. The molecule has 2 N–H and O–H groups in total. The predicted octanol–water partition coefficient (Wildman–Crippen LogP) is 3.01. The molecular formula is C21H29F3N8O3. The zero-order valence-corrected chi connectivity index (χ0v) is 19.5. The molecule has 0 spiro atoms. The minimum absolute atomic E-state index is 0.0577. The fourth-order valence-corrected chi connectivity index (χ4v) is 3.79. The number of carbonyl (C=O) groups is 1. The smallest absolute Gasteiger partial charge is 0.421 e. The third-order valence-electron chi connectivity index (χ3n) is 5.80. The quantitative estimate of drug-likeness (QED) is 0.527. The van der Waals surface area contributed by atoms with Gasteiger partial charge in [0.2, 0.25) is 11.8 Å². The second-order valence-corrected chi connectivity index (χ2v) is 8.46. The van der Waals surface area contributed by atoms with Crippen LogP contribution in [0.3, 0.4) is 0 Å². The first-order valence-corrected chi connectivity index (χ1v) is 11.6. The van der Waals surface area contributed by atoms with Gasteiger partial charge in [-0.25, -0.2) is 9.78 Å². The number of aromatic nitrogens is 3. The Morgan fingerprint density at radius 3 is 2.66 bits per heavy atom. The Balaban J connectivity index is 1.38. The number of hydrogen-bond donors (Lipinski definition) is 2. The predicted molar refractivity (Wildman–Crippen MR) is 122 cm³/mol. The first-order chi connectivity index (χ1) is 16.8. The number of halogens is 3. The van der Waals surface area contributed by atoms with E-state index < -0.39 is 17.8 Å². The molecule has 14 heteroatoms. The van der Waals surface area contributed by atoms with Crippen molar-refractivity contribution in [1.82, 2.24) is 24.8 Å². The molecule has 2 fully saturated rings. The number of ether oxygens (including phenoxy) is 1. The monoisotopic (exact) mass is 498 g/mol. The Morgan fingerprint density at radius 1 is 1.09 bits per heavy atom. The maximum Gasteiger partial charge on any atom is 0.421 e. The van der Waals surface area contributed by atoms with Crippen LogP contribution in [0.5, 0.6) is 0 Å². The van der Waals surface area contributed by atoms with Crippen molar-refractivity contribution in [3.05, 3.63) is 18.0 Å². The largest absolute Gasteiger partial charge is 0.449 e. The third-order valence-corrected chi connectivity index (χ3v) is 5.80. The van der Waals surface area contributed by atoms with Crippen molar-refractivity contribution in [3.63, 3.8) is 0 Å². The van der Waals surface area contributed by atoms with E-state index in [1.807, 2.05) is 11.9 Å². The van der Waals surface area contributed by atoms with Crippen LogP contribution in [0.1, 0.15) is 24.8 Å². The summed E-state index contributed by atoms with van der Waals surface area (Å²) in [6.45, 7) is 4.79. The van der Waals surface area contributed by atoms with Crippen LogP contribution < -0.4 is 15.5 Å². The minimum Gasteiger partial charge on any atom is -0.449 e. The van der Waals surface area contributed by atoms with Crippen LogP contribution in [0, 0.1) is 0 Å². The highest BCUT2D eigenvalue weighted by Gasteiger charge is 2.35.